The molecule has 1 heterocycles. The molecular formula is C12H28Cl2N2O8S2. The van der Waals surface area contributed by atoms with Crippen molar-refractivity contribution in [1.82, 2.24) is 0 Å². The van der Waals surface area contributed by atoms with E-state index in [1.165, 1.54) is 65.0 Å². The van der Waals surface area contributed by atoms with Gasteiger partial charge < -0.3 is 18.9 Å². The molecule has 0 aromatic rings. The average Bonchev–Trinajstić information content (AvgIpc) is 2.46. The van der Waals surface area contributed by atoms with E-state index in [9.17, 15) is 0 Å². The van der Waals surface area contributed by atoms with Gasteiger partial charge in [-0.15, -0.1) is 23.2 Å². The lowest BCUT2D eigenvalue weighted by molar-refractivity contribution is -1.01. The Morgan fingerprint density at radius 2 is 0.923 bits per heavy atom. The third-order valence-corrected chi connectivity index (χ3v) is 4.03. The first kappa shape index (κ1) is 28.4. The summed E-state index contributed by atoms with van der Waals surface area (Å²) in [6.07, 6.45) is 4.94. The highest BCUT2D eigenvalue weighted by molar-refractivity contribution is 7.80. The number of quaternary nitrogens is 2. The standard InChI is InChI=1S/C12H24Cl2N2.2H2O4S/c13-5-1-3-7-15-9-11-16(12-10-15)8-4-2-6-14;2*1-5(2,3)4/h1-12H2;2*(H2,1,2,3,4). The Morgan fingerprint density at radius 3 is 1.12 bits per heavy atom. The number of piperazine rings is 1. The highest BCUT2D eigenvalue weighted by Gasteiger charge is 2.21. The Labute approximate surface area is 165 Å². The van der Waals surface area contributed by atoms with E-state index in [2.05, 4.69) is 0 Å². The third kappa shape index (κ3) is 32.0. The fraction of sp³-hybridized carbons (Fsp3) is 1.00. The maximum Gasteiger partial charge on any atom is 0.215 e. The molecule has 1 aliphatic heterocycles. The van der Waals surface area contributed by atoms with Crippen LogP contribution in [0.3, 0.4) is 0 Å². The Morgan fingerprint density at radius 1 is 0.692 bits per heavy atom. The van der Waals surface area contributed by atoms with Gasteiger partial charge in [-0.25, -0.2) is 16.8 Å². The molecule has 0 aliphatic carbocycles. The quantitative estimate of drug-likeness (QED) is 0.137. The molecule has 0 saturated carbocycles. The first-order chi connectivity index (χ1) is 11.9. The van der Waals surface area contributed by atoms with Gasteiger partial charge in [0.2, 0.25) is 20.8 Å². The first-order valence-corrected chi connectivity index (χ1v) is 11.8. The van der Waals surface area contributed by atoms with Crippen LogP contribution in [0, 0.1) is 0 Å². The van der Waals surface area contributed by atoms with Crippen molar-refractivity contribution < 1.29 is 44.8 Å². The van der Waals surface area contributed by atoms with E-state index in [1.807, 2.05) is 0 Å². The predicted octanol–water partition coefficient (Wildman–Crippen LogP) is -2.18. The molecule has 0 spiro atoms. The fourth-order valence-corrected chi connectivity index (χ4v) is 2.77. The highest BCUT2D eigenvalue weighted by atomic mass is 35.5. The van der Waals surface area contributed by atoms with Crippen LogP contribution in [0.25, 0.3) is 0 Å². The van der Waals surface area contributed by atoms with Crippen LogP contribution in [0.4, 0.5) is 0 Å². The van der Waals surface area contributed by atoms with E-state index in [0.717, 1.165) is 11.8 Å². The largest absolute Gasteiger partial charge is 0.726 e. The summed E-state index contributed by atoms with van der Waals surface area (Å²) in [5.41, 5.74) is 0. The van der Waals surface area contributed by atoms with E-state index in [0.29, 0.717) is 0 Å². The Bertz CT molecular complexity index is 461. The van der Waals surface area contributed by atoms with Gasteiger partial charge in [-0.2, -0.15) is 0 Å². The van der Waals surface area contributed by atoms with Crippen molar-refractivity contribution >= 4 is 44.0 Å². The van der Waals surface area contributed by atoms with Crippen molar-refractivity contribution in [3.05, 3.63) is 0 Å². The summed E-state index contributed by atoms with van der Waals surface area (Å²) in [7, 11) is -9.83. The number of nitrogens with one attached hydrogen (secondary N) is 2. The predicted molar refractivity (Wildman–Crippen MR) is 95.7 cm³/mol. The summed E-state index contributed by atoms with van der Waals surface area (Å²) in [4.78, 5) is 3.57. The van der Waals surface area contributed by atoms with Crippen molar-refractivity contribution in [1.29, 1.82) is 0 Å². The molecule has 0 radical (unpaired) electrons. The monoisotopic (exact) mass is 462 g/mol. The van der Waals surface area contributed by atoms with Gasteiger partial charge in [0, 0.05) is 11.8 Å². The molecule has 1 rings (SSSR count). The maximum atomic E-state index is 8.63. The summed E-state index contributed by atoms with van der Waals surface area (Å²) in [5, 5.41) is 0. The fourth-order valence-electron chi connectivity index (χ4n) is 2.40. The average molecular weight is 463 g/mol. The SMILES string of the molecule is ClCCCC[NH+]1CC[NH+](CCCCCl)CC1.O=S(=O)([O-])O.O=S(=O)([O-])O. The number of rotatable bonds is 8. The van der Waals surface area contributed by atoms with Crippen molar-refractivity contribution in [2.75, 3.05) is 51.0 Å². The minimum atomic E-state index is -4.92. The Balaban J connectivity index is 0. The molecular weight excluding hydrogens is 435 g/mol. The number of unbranched alkanes of at least 4 members (excludes halogenated alkanes) is 2. The van der Waals surface area contributed by atoms with E-state index < -0.39 is 20.8 Å². The summed E-state index contributed by atoms with van der Waals surface area (Å²) in [5.74, 6) is 1.65. The van der Waals surface area contributed by atoms with Crippen LogP contribution in [-0.4, -0.2) is 86.1 Å². The number of alkyl halides is 2. The first-order valence-electron chi connectivity index (χ1n) is 8.02. The van der Waals surface area contributed by atoms with Crippen molar-refractivity contribution in [3.63, 3.8) is 0 Å². The molecule has 4 N–H and O–H groups in total. The van der Waals surface area contributed by atoms with Gasteiger partial charge in [-0.3, -0.25) is 9.11 Å². The van der Waals surface area contributed by atoms with Gasteiger partial charge in [0.1, 0.15) is 26.2 Å². The molecule has 0 aromatic heterocycles. The minimum absolute atomic E-state index is 0.823. The van der Waals surface area contributed by atoms with E-state index in [4.69, 9.17) is 58.2 Å². The molecule has 1 fully saturated rings. The second-order valence-electron chi connectivity index (χ2n) is 5.65. The molecule has 0 unspecified atom stereocenters. The molecule has 14 heteroatoms. The van der Waals surface area contributed by atoms with Gasteiger partial charge >= 0.3 is 0 Å². The second-order valence-corrected chi connectivity index (χ2v) is 8.11. The Hall–Kier alpha value is 0.240. The van der Waals surface area contributed by atoms with Gasteiger partial charge in [-0.05, 0) is 25.7 Å². The lowest BCUT2D eigenvalue weighted by Gasteiger charge is -2.29. The highest BCUT2D eigenvalue weighted by Crippen LogP contribution is 1.88. The normalized spacial score (nSPS) is 20.4. The number of halogens is 2. The van der Waals surface area contributed by atoms with Crippen molar-refractivity contribution in [2.24, 2.45) is 0 Å². The molecule has 1 saturated heterocycles. The molecule has 160 valence electrons. The molecule has 0 aromatic carbocycles. The zero-order valence-corrected chi connectivity index (χ0v) is 17.5. The zero-order valence-electron chi connectivity index (χ0n) is 14.4. The van der Waals surface area contributed by atoms with Crippen LogP contribution in [0.1, 0.15) is 25.7 Å². The van der Waals surface area contributed by atoms with E-state index in [1.54, 1.807) is 9.80 Å². The van der Waals surface area contributed by atoms with Crippen molar-refractivity contribution in [2.45, 2.75) is 25.7 Å². The molecule has 0 bridgehead atoms. The topological polar surface area (TPSA) is 164 Å². The zero-order chi connectivity index (χ0) is 20.6. The van der Waals surface area contributed by atoms with E-state index in [-0.39, 0.29) is 0 Å². The summed E-state index contributed by atoms with van der Waals surface area (Å²) in [6.45, 7) is 8.03. The van der Waals surface area contributed by atoms with Crippen LogP contribution in [0.2, 0.25) is 0 Å². The second kappa shape index (κ2) is 16.2. The van der Waals surface area contributed by atoms with Crippen LogP contribution in [-0.2, 0) is 20.8 Å². The summed E-state index contributed by atoms with van der Waals surface area (Å²) < 4.78 is 65.7. The van der Waals surface area contributed by atoms with Crippen LogP contribution < -0.4 is 9.80 Å². The molecule has 10 nitrogen and oxygen atoms in total. The number of hydrogen-bond donors (Lipinski definition) is 4. The van der Waals surface area contributed by atoms with Gasteiger partial charge in [0.25, 0.3) is 0 Å². The van der Waals surface area contributed by atoms with Gasteiger partial charge in [0.15, 0.2) is 0 Å². The van der Waals surface area contributed by atoms with Crippen LogP contribution in [0.5, 0.6) is 0 Å². The van der Waals surface area contributed by atoms with Crippen LogP contribution >= 0.6 is 23.2 Å². The summed E-state index contributed by atoms with van der Waals surface area (Å²) in [6, 6.07) is 0. The molecule has 0 atom stereocenters. The lowest BCUT2D eigenvalue weighted by atomic mass is 10.2. The Kier molecular flexibility index (Phi) is 17.7. The molecule has 1 aliphatic rings. The third-order valence-electron chi connectivity index (χ3n) is 3.49. The minimum Gasteiger partial charge on any atom is -0.726 e. The number of hydrogen-bond acceptors (Lipinski definition) is 6. The lowest BCUT2D eigenvalue weighted by Crippen LogP contribution is -3.28. The van der Waals surface area contributed by atoms with Crippen LogP contribution in [0.15, 0.2) is 0 Å². The molecule has 0 amide bonds. The van der Waals surface area contributed by atoms with Gasteiger partial charge in [0.05, 0.1) is 13.1 Å². The van der Waals surface area contributed by atoms with E-state index >= 15 is 0 Å². The maximum absolute atomic E-state index is 8.63. The summed E-state index contributed by atoms with van der Waals surface area (Å²) >= 11 is 11.4. The smallest absolute Gasteiger partial charge is 0.215 e. The van der Waals surface area contributed by atoms with Gasteiger partial charge in [-0.1, -0.05) is 0 Å². The van der Waals surface area contributed by atoms with Crippen molar-refractivity contribution in [3.8, 4) is 0 Å². The molecule has 26 heavy (non-hydrogen) atoms.